The smallest absolute Gasteiger partial charge is 0.309 e. The first-order valence-corrected chi connectivity index (χ1v) is 11.1. The lowest BCUT2D eigenvalue weighted by Gasteiger charge is -2.30. The Hall–Kier alpha value is -3.18. The Labute approximate surface area is 183 Å². The summed E-state index contributed by atoms with van der Waals surface area (Å²) in [7, 11) is -4.27. The van der Waals surface area contributed by atoms with Gasteiger partial charge in [0.05, 0.1) is 5.92 Å². The third-order valence-corrected chi connectivity index (χ3v) is 6.85. The Morgan fingerprint density at radius 1 is 1.03 bits per heavy atom. The van der Waals surface area contributed by atoms with Gasteiger partial charge in [0.15, 0.2) is 6.61 Å². The first-order valence-electron chi connectivity index (χ1n) is 9.69. The lowest BCUT2D eigenvalue weighted by molar-refractivity contribution is -0.153. The topological polar surface area (TPSA) is 110 Å². The highest BCUT2D eigenvalue weighted by Crippen LogP contribution is 2.26. The van der Waals surface area contributed by atoms with E-state index in [1.807, 2.05) is 0 Å². The number of ether oxygens (including phenoxy) is 1. The number of esters is 1. The summed E-state index contributed by atoms with van der Waals surface area (Å²) in [6.45, 7) is -0.863. The number of carbonyl (C=O) groups excluding carboxylic acids is 3. The summed E-state index contributed by atoms with van der Waals surface area (Å²) in [6, 6.07) is 10.2. The van der Waals surface area contributed by atoms with Gasteiger partial charge in [-0.05, 0) is 43.2 Å². The summed E-state index contributed by atoms with van der Waals surface area (Å²) in [6.07, 6.45) is 0.166. The molecular weight excluding hydrogens is 446 g/mol. The number of sulfonamides is 1. The molecule has 3 rings (SSSR count). The second-order valence-corrected chi connectivity index (χ2v) is 9.01. The fourth-order valence-electron chi connectivity index (χ4n) is 3.22. The van der Waals surface area contributed by atoms with E-state index >= 15 is 0 Å². The molecular formula is C21H20F2N2O6S. The largest absolute Gasteiger partial charge is 0.455 e. The predicted molar refractivity (Wildman–Crippen MR) is 108 cm³/mol. The van der Waals surface area contributed by atoms with E-state index in [-0.39, 0.29) is 31.5 Å². The average molecular weight is 466 g/mol. The van der Waals surface area contributed by atoms with E-state index in [1.165, 1.54) is 12.1 Å². The van der Waals surface area contributed by atoms with Gasteiger partial charge in [-0.3, -0.25) is 19.7 Å². The summed E-state index contributed by atoms with van der Waals surface area (Å²) in [5.41, 5.74) is 0.274. The SMILES string of the molecule is O=C(COC(=O)C1CCN(S(=O)(=O)c2cc(F)ccc2F)CC1)NC(=O)c1ccccc1. The van der Waals surface area contributed by atoms with Gasteiger partial charge in [-0.1, -0.05) is 18.2 Å². The lowest BCUT2D eigenvalue weighted by atomic mass is 9.98. The standard InChI is InChI=1S/C21H20F2N2O6S/c22-16-6-7-17(23)18(12-16)32(29,30)25-10-8-15(9-11-25)21(28)31-13-19(26)24-20(27)14-4-2-1-3-5-14/h1-7,12,15H,8-11,13H2,(H,24,26,27). The molecule has 1 saturated heterocycles. The van der Waals surface area contributed by atoms with Crippen molar-refractivity contribution >= 4 is 27.8 Å². The normalized spacial score (nSPS) is 15.2. The molecule has 0 unspecified atom stereocenters. The van der Waals surface area contributed by atoms with Crippen LogP contribution >= 0.6 is 0 Å². The van der Waals surface area contributed by atoms with Crippen molar-refractivity contribution in [3.8, 4) is 0 Å². The molecule has 0 saturated carbocycles. The molecule has 0 spiro atoms. The highest BCUT2D eigenvalue weighted by atomic mass is 32.2. The van der Waals surface area contributed by atoms with Crippen molar-refractivity contribution in [1.29, 1.82) is 0 Å². The zero-order chi connectivity index (χ0) is 23.3. The van der Waals surface area contributed by atoms with Gasteiger partial charge in [0.1, 0.15) is 16.5 Å². The van der Waals surface area contributed by atoms with E-state index in [0.29, 0.717) is 6.07 Å². The van der Waals surface area contributed by atoms with Crippen LogP contribution < -0.4 is 5.32 Å². The van der Waals surface area contributed by atoms with Crippen molar-refractivity contribution in [2.24, 2.45) is 5.92 Å². The summed E-state index contributed by atoms with van der Waals surface area (Å²) in [4.78, 5) is 35.2. The van der Waals surface area contributed by atoms with Gasteiger partial charge in [0.2, 0.25) is 10.0 Å². The van der Waals surface area contributed by atoms with Crippen molar-refractivity contribution in [1.82, 2.24) is 9.62 Å². The average Bonchev–Trinajstić information content (AvgIpc) is 2.79. The maximum Gasteiger partial charge on any atom is 0.309 e. The molecule has 1 heterocycles. The minimum absolute atomic E-state index is 0.0829. The van der Waals surface area contributed by atoms with Crippen LogP contribution in [0.4, 0.5) is 8.78 Å². The third-order valence-electron chi connectivity index (χ3n) is 4.93. The van der Waals surface area contributed by atoms with E-state index in [1.54, 1.807) is 18.2 Å². The minimum Gasteiger partial charge on any atom is -0.455 e. The first-order chi connectivity index (χ1) is 15.2. The zero-order valence-electron chi connectivity index (χ0n) is 16.8. The molecule has 0 aliphatic carbocycles. The second kappa shape index (κ2) is 9.96. The molecule has 0 atom stereocenters. The van der Waals surface area contributed by atoms with Crippen LogP contribution in [0.2, 0.25) is 0 Å². The molecule has 0 bridgehead atoms. The number of benzene rings is 2. The van der Waals surface area contributed by atoms with Crippen LogP contribution in [-0.4, -0.2) is 50.2 Å². The highest BCUT2D eigenvalue weighted by molar-refractivity contribution is 7.89. The number of rotatable bonds is 6. The van der Waals surface area contributed by atoms with Crippen molar-refractivity contribution in [2.75, 3.05) is 19.7 Å². The Kier molecular flexibility index (Phi) is 7.31. The first kappa shape index (κ1) is 23.5. The quantitative estimate of drug-likeness (QED) is 0.651. The molecule has 170 valence electrons. The number of carbonyl (C=O) groups is 3. The molecule has 1 N–H and O–H groups in total. The highest BCUT2D eigenvalue weighted by Gasteiger charge is 2.34. The number of amides is 2. The van der Waals surface area contributed by atoms with Crippen LogP contribution in [0.1, 0.15) is 23.2 Å². The fourth-order valence-corrected chi connectivity index (χ4v) is 4.77. The Bertz CT molecular complexity index is 1120. The molecule has 1 fully saturated rings. The minimum atomic E-state index is -4.27. The van der Waals surface area contributed by atoms with E-state index in [2.05, 4.69) is 5.32 Å². The van der Waals surface area contributed by atoms with E-state index in [0.717, 1.165) is 16.4 Å². The lowest BCUT2D eigenvalue weighted by Crippen LogP contribution is -2.41. The number of nitrogens with one attached hydrogen (secondary N) is 1. The summed E-state index contributed by atoms with van der Waals surface area (Å²) >= 11 is 0. The molecule has 0 aromatic heterocycles. The summed E-state index contributed by atoms with van der Waals surface area (Å²) < 4.78 is 58.4. The number of hydrogen-bond acceptors (Lipinski definition) is 6. The number of imide groups is 1. The molecule has 2 amide bonds. The van der Waals surface area contributed by atoms with Crippen LogP contribution in [0.3, 0.4) is 0 Å². The van der Waals surface area contributed by atoms with Gasteiger partial charge in [-0.25, -0.2) is 17.2 Å². The fraction of sp³-hybridized carbons (Fsp3) is 0.286. The maximum absolute atomic E-state index is 13.9. The molecule has 8 nitrogen and oxygen atoms in total. The van der Waals surface area contributed by atoms with E-state index in [4.69, 9.17) is 4.74 Å². The Morgan fingerprint density at radius 3 is 2.34 bits per heavy atom. The summed E-state index contributed by atoms with van der Waals surface area (Å²) in [5.74, 6) is -4.75. The Balaban J connectivity index is 1.49. The van der Waals surface area contributed by atoms with Crippen molar-refractivity contribution in [3.63, 3.8) is 0 Å². The van der Waals surface area contributed by atoms with Crippen LogP contribution in [0.25, 0.3) is 0 Å². The second-order valence-electron chi connectivity index (χ2n) is 7.10. The third kappa shape index (κ3) is 5.54. The number of halogens is 2. The van der Waals surface area contributed by atoms with E-state index < -0.39 is 56.9 Å². The summed E-state index contributed by atoms with van der Waals surface area (Å²) in [5, 5.41) is 2.10. The van der Waals surface area contributed by atoms with E-state index in [9.17, 15) is 31.6 Å². The number of hydrogen-bond donors (Lipinski definition) is 1. The number of piperidine rings is 1. The predicted octanol–water partition coefficient (Wildman–Crippen LogP) is 1.87. The molecule has 11 heteroatoms. The van der Waals surface area contributed by atoms with Crippen LogP contribution in [0.5, 0.6) is 0 Å². The zero-order valence-corrected chi connectivity index (χ0v) is 17.6. The van der Waals surface area contributed by atoms with Crippen LogP contribution in [0, 0.1) is 17.6 Å². The van der Waals surface area contributed by atoms with Gasteiger partial charge >= 0.3 is 5.97 Å². The molecule has 2 aromatic rings. The Morgan fingerprint density at radius 2 is 1.69 bits per heavy atom. The molecule has 1 aliphatic rings. The molecule has 0 radical (unpaired) electrons. The van der Waals surface area contributed by atoms with Crippen molar-refractivity contribution in [3.05, 3.63) is 65.7 Å². The maximum atomic E-state index is 13.9. The number of nitrogens with zero attached hydrogens (tertiary/aromatic N) is 1. The van der Waals surface area contributed by atoms with Gasteiger partial charge in [-0.2, -0.15) is 4.31 Å². The van der Waals surface area contributed by atoms with Gasteiger partial charge in [0.25, 0.3) is 11.8 Å². The van der Waals surface area contributed by atoms with Gasteiger partial charge in [0, 0.05) is 18.7 Å². The van der Waals surface area contributed by atoms with Crippen LogP contribution in [-0.2, 0) is 24.3 Å². The van der Waals surface area contributed by atoms with Crippen LogP contribution in [0.15, 0.2) is 53.4 Å². The molecule has 32 heavy (non-hydrogen) atoms. The van der Waals surface area contributed by atoms with Crippen molar-refractivity contribution in [2.45, 2.75) is 17.7 Å². The molecule has 1 aliphatic heterocycles. The molecule has 2 aromatic carbocycles. The van der Waals surface area contributed by atoms with Gasteiger partial charge < -0.3 is 4.74 Å². The van der Waals surface area contributed by atoms with Crippen molar-refractivity contribution < 1.29 is 36.3 Å². The monoisotopic (exact) mass is 466 g/mol. The van der Waals surface area contributed by atoms with Gasteiger partial charge in [-0.15, -0.1) is 0 Å².